The summed E-state index contributed by atoms with van der Waals surface area (Å²) in [5.41, 5.74) is 0.210. The van der Waals surface area contributed by atoms with Gasteiger partial charge in [0.05, 0.1) is 26.9 Å². The average Bonchev–Trinajstić information content (AvgIpc) is 2.82. The lowest BCUT2D eigenvalue weighted by atomic mass is 10.1. The van der Waals surface area contributed by atoms with Gasteiger partial charge in [0.25, 0.3) is 5.69 Å². The summed E-state index contributed by atoms with van der Waals surface area (Å²) in [6, 6.07) is 8.86. The topological polar surface area (TPSA) is 130 Å². The zero-order chi connectivity index (χ0) is 27.9. The summed E-state index contributed by atoms with van der Waals surface area (Å²) in [5.74, 6) is -0.879. The fourth-order valence-electron chi connectivity index (χ4n) is 3.55. The van der Waals surface area contributed by atoms with E-state index in [1.165, 1.54) is 23.1 Å². The smallest absolute Gasteiger partial charge is 0.271 e. The highest BCUT2D eigenvalue weighted by atomic mass is 35.5. The third-order valence-corrected chi connectivity index (χ3v) is 7.29. The van der Waals surface area contributed by atoms with Crippen LogP contribution < -0.4 is 9.62 Å². The van der Waals surface area contributed by atoms with Gasteiger partial charge in [-0.1, -0.05) is 56.1 Å². The maximum atomic E-state index is 13.6. The molecule has 0 radical (unpaired) electrons. The van der Waals surface area contributed by atoms with Crippen molar-refractivity contribution >= 4 is 56.4 Å². The standard InChI is InChI=1S/C24H30Cl2N4O6S/c1-5-22(24(32)27-13-16(2)3)28(14-17-9-10-20(25)21(26)11-17)23(31)15-29(37(4,35)36)18-7-6-8-19(12-18)30(33)34/h6-12,16,22H,5,13-15H2,1-4H3,(H,27,32)/t22-/m0/s1. The van der Waals surface area contributed by atoms with Gasteiger partial charge in [-0.15, -0.1) is 0 Å². The molecule has 2 aromatic carbocycles. The van der Waals surface area contributed by atoms with E-state index < -0.39 is 33.4 Å². The summed E-state index contributed by atoms with van der Waals surface area (Å²) >= 11 is 12.2. The van der Waals surface area contributed by atoms with Crippen molar-refractivity contribution in [1.82, 2.24) is 10.2 Å². The van der Waals surface area contributed by atoms with Crippen molar-refractivity contribution in [2.75, 3.05) is 23.7 Å². The van der Waals surface area contributed by atoms with Crippen molar-refractivity contribution < 1.29 is 22.9 Å². The van der Waals surface area contributed by atoms with Gasteiger partial charge >= 0.3 is 0 Å². The lowest BCUT2D eigenvalue weighted by molar-refractivity contribution is -0.384. The first-order valence-corrected chi connectivity index (χ1v) is 14.1. The molecule has 37 heavy (non-hydrogen) atoms. The Balaban J connectivity index is 2.48. The average molecular weight is 573 g/mol. The maximum Gasteiger partial charge on any atom is 0.271 e. The van der Waals surface area contributed by atoms with Gasteiger partial charge in [-0.05, 0) is 36.1 Å². The third kappa shape index (κ3) is 8.58. The molecule has 13 heteroatoms. The number of nitrogens with zero attached hydrogens (tertiary/aromatic N) is 3. The van der Waals surface area contributed by atoms with E-state index in [2.05, 4.69) is 5.32 Å². The van der Waals surface area contributed by atoms with Crippen LogP contribution in [0.3, 0.4) is 0 Å². The molecule has 0 aliphatic carbocycles. The first kappa shape index (κ1) is 30.3. The molecule has 1 atom stereocenters. The quantitative estimate of drug-likeness (QED) is 0.299. The number of halogens is 2. The van der Waals surface area contributed by atoms with E-state index >= 15 is 0 Å². The molecule has 0 spiro atoms. The van der Waals surface area contributed by atoms with Crippen LogP contribution in [0, 0.1) is 16.0 Å². The fraction of sp³-hybridized carbons (Fsp3) is 0.417. The van der Waals surface area contributed by atoms with E-state index in [0.717, 1.165) is 16.6 Å². The second-order valence-electron chi connectivity index (χ2n) is 8.88. The van der Waals surface area contributed by atoms with E-state index in [9.17, 15) is 28.1 Å². The van der Waals surface area contributed by atoms with Crippen LogP contribution >= 0.6 is 23.2 Å². The Kier molecular flexibility index (Phi) is 10.7. The van der Waals surface area contributed by atoms with Gasteiger partial charge in [0.15, 0.2) is 0 Å². The fourth-order valence-corrected chi connectivity index (χ4v) is 4.71. The Morgan fingerprint density at radius 1 is 1.11 bits per heavy atom. The second-order valence-corrected chi connectivity index (χ2v) is 11.6. The molecule has 0 aliphatic heterocycles. The molecule has 0 aliphatic rings. The summed E-state index contributed by atoms with van der Waals surface area (Å²) in [6.45, 7) is 5.29. The number of nitro groups is 1. The summed E-state index contributed by atoms with van der Waals surface area (Å²) < 4.78 is 26.1. The highest BCUT2D eigenvalue weighted by molar-refractivity contribution is 7.92. The van der Waals surface area contributed by atoms with Crippen molar-refractivity contribution in [1.29, 1.82) is 0 Å². The number of sulfonamides is 1. The van der Waals surface area contributed by atoms with Gasteiger partial charge in [-0.25, -0.2) is 8.42 Å². The number of carbonyl (C=O) groups excluding carboxylic acids is 2. The molecule has 0 heterocycles. The molecule has 2 rings (SSSR count). The van der Waals surface area contributed by atoms with Crippen molar-refractivity contribution in [2.45, 2.75) is 39.8 Å². The lowest BCUT2D eigenvalue weighted by Crippen LogP contribution is -2.52. The van der Waals surface area contributed by atoms with Crippen molar-refractivity contribution in [3.05, 3.63) is 68.2 Å². The van der Waals surface area contributed by atoms with E-state index in [1.54, 1.807) is 25.1 Å². The molecular weight excluding hydrogens is 543 g/mol. The van der Waals surface area contributed by atoms with Crippen LogP contribution in [0.1, 0.15) is 32.8 Å². The summed E-state index contributed by atoms with van der Waals surface area (Å²) in [6.07, 6.45) is 1.15. The highest BCUT2D eigenvalue weighted by Gasteiger charge is 2.32. The number of carbonyl (C=O) groups is 2. The Bertz CT molecular complexity index is 1260. The van der Waals surface area contributed by atoms with Crippen molar-refractivity contribution in [3.8, 4) is 0 Å². The van der Waals surface area contributed by atoms with Crippen molar-refractivity contribution in [3.63, 3.8) is 0 Å². The minimum Gasteiger partial charge on any atom is -0.354 e. The normalized spacial score (nSPS) is 12.2. The number of amides is 2. The first-order valence-electron chi connectivity index (χ1n) is 11.5. The van der Waals surface area contributed by atoms with E-state index in [0.29, 0.717) is 17.1 Å². The molecule has 202 valence electrons. The molecule has 0 fully saturated rings. The molecule has 2 aromatic rings. The molecular formula is C24H30Cl2N4O6S. The van der Waals surface area contributed by atoms with Crippen LogP contribution in [0.5, 0.6) is 0 Å². The van der Waals surface area contributed by atoms with Crippen LogP contribution in [0.2, 0.25) is 10.0 Å². The highest BCUT2D eigenvalue weighted by Crippen LogP contribution is 2.26. The molecule has 10 nitrogen and oxygen atoms in total. The zero-order valence-corrected chi connectivity index (χ0v) is 23.3. The van der Waals surface area contributed by atoms with E-state index in [4.69, 9.17) is 23.2 Å². The van der Waals surface area contributed by atoms with Crippen molar-refractivity contribution in [2.24, 2.45) is 5.92 Å². The summed E-state index contributed by atoms with van der Waals surface area (Å²) in [5, 5.41) is 14.6. The number of hydrogen-bond acceptors (Lipinski definition) is 6. The van der Waals surface area contributed by atoms with Crippen LogP contribution in [0.15, 0.2) is 42.5 Å². The first-order chi connectivity index (χ1) is 17.2. The van der Waals surface area contributed by atoms with Gasteiger partial charge < -0.3 is 10.2 Å². The monoisotopic (exact) mass is 572 g/mol. The number of nitrogens with one attached hydrogen (secondary N) is 1. The largest absolute Gasteiger partial charge is 0.354 e. The van der Waals surface area contributed by atoms with E-state index in [1.807, 2.05) is 13.8 Å². The van der Waals surface area contributed by atoms with Gasteiger partial charge in [0.1, 0.15) is 12.6 Å². The number of nitro benzene ring substituents is 1. The Labute approximate surface area is 226 Å². The number of hydrogen-bond donors (Lipinski definition) is 1. The molecule has 0 saturated carbocycles. The number of rotatable bonds is 12. The van der Waals surface area contributed by atoms with Gasteiger partial charge in [0.2, 0.25) is 21.8 Å². The number of non-ortho nitro benzene ring substituents is 1. The Morgan fingerprint density at radius 2 is 1.78 bits per heavy atom. The third-order valence-electron chi connectivity index (χ3n) is 5.42. The number of benzene rings is 2. The molecule has 1 N–H and O–H groups in total. The van der Waals surface area contributed by atoms with Crippen LogP contribution in [-0.2, 0) is 26.2 Å². The molecule has 0 bridgehead atoms. The summed E-state index contributed by atoms with van der Waals surface area (Å²) in [4.78, 5) is 38.5. The van der Waals surface area contributed by atoms with Gasteiger partial charge in [-0.3, -0.25) is 24.0 Å². The van der Waals surface area contributed by atoms with E-state index in [-0.39, 0.29) is 41.2 Å². The molecule has 0 saturated heterocycles. The van der Waals surface area contributed by atoms with Gasteiger partial charge in [0, 0.05) is 25.2 Å². The van der Waals surface area contributed by atoms with Crippen LogP contribution in [0.4, 0.5) is 11.4 Å². The predicted molar refractivity (Wildman–Crippen MR) is 144 cm³/mol. The second kappa shape index (κ2) is 13.1. The lowest BCUT2D eigenvalue weighted by Gasteiger charge is -2.33. The minimum atomic E-state index is -4.02. The Hall–Kier alpha value is -2.89. The van der Waals surface area contributed by atoms with Crippen LogP contribution in [-0.4, -0.2) is 55.4 Å². The summed E-state index contributed by atoms with van der Waals surface area (Å²) in [7, 11) is -4.02. The zero-order valence-electron chi connectivity index (χ0n) is 21.0. The Morgan fingerprint density at radius 3 is 2.32 bits per heavy atom. The molecule has 2 amide bonds. The molecule has 0 unspecified atom stereocenters. The van der Waals surface area contributed by atoms with Gasteiger partial charge in [-0.2, -0.15) is 0 Å². The predicted octanol–water partition coefficient (Wildman–Crippen LogP) is 4.25. The molecule has 0 aromatic heterocycles. The SMILES string of the molecule is CC[C@@H](C(=O)NCC(C)C)N(Cc1ccc(Cl)c(Cl)c1)C(=O)CN(c1cccc([N+](=O)[O-])c1)S(C)(=O)=O. The maximum absolute atomic E-state index is 13.6. The van der Waals surface area contributed by atoms with Crippen LogP contribution in [0.25, 0.3) is 0 Å². The number of anilines is 1. The minimum absolute atomic E-state index is 0.0446.